The molecule has 2 heterocycles. The Morgan fingerprint density at radius 1 is 1.00 bits per heavy atom. The summed E-state index contributed by atoms with van der Waals surface area (Å²) in [7, 11) is 1.66. The second-order valence-electron chi connectivity index (χ2n) is 8.07. The Balaban J connectivity index is 0.000000229. The largest absolute Gasteiger partial charge is 0.497 e. The lowest BCUT2D eigenvalue weighted by Gasteiger charge is -2.40. The summed E-state index contributed by atoms with van der Waals surface area (Å²) in [6, 6.07) is 16.0. The first-order chi connectivity index (χ1) is 16.1. The van der Waals surface area contributed by atoms with Crippen LogP contribution < -0.4 is 15.3 Å². The van der Waals surface area contributed by atoms with Gasteiger partial charge >= 0.3 is 0 Å². The minimum absolute atomic E-state index is 0.0628. The van der Waals surface area contributed by atoms with Gasteiger partial charge in [0.25, 0.3) is 0 Å². The molecule has 0 unspecified atom stereocenters. The van der Waals surface area contributed by atoms with Gasteiger partial charge in [0.1, 0.15) is 5.75 Å². The van der Waals surface area contributed by atoms with E-state index in [-0.39, 0.29) is 12.5 Å². The molecule has 2 fully saturated rings. The van der Waals surface area contributed by atoms with Crippen molar-refractivity contribution in [2.75, 3.05) is 20.2 Å². The number of carbonyl (C=O) groups is 1. The maximum absolute atomic E-state index is 11.0. The summed E-state index contributed by atoms with van der Waals surface area (Å²) in [6.07, 6.45) is 2.10. The summed E-state index contributed by atoms with van der Waals surface area (Å²) in [5.74, 6) is 1.60. The van der Waals surface area contributed by atoms with Crippen molar-refractivity contribution in [2.45, 2.75) is 33.3 Å². The molecule has 4 nitrogen and oxygen atoms in total. The Labute approximate surface area is 225 Å². The highest BCUT2D eigenvalue weighted by Crippen LogP contribution is 3.04. The average molecular weight is 590 g/mol. The standard InChI is InChI=1S/C14H14O2P2S4.C9H15NOS/c1-16-12-4-8-14(9-5-12)18(20)21-17(19,22-18)13-6-2-11(10-15)3-7-13;1-7(12)9-3-5-10(6-4-9)8(2)11/h2-9,15H,10H2,1H3;9H,3-6H2,1-2H3. The van der Waals surface area contributed by atoms with Crippen LogP contribution in [0.25, 0.3) is 0 Å². The molecule has 184 valence electrons. The number of aliphatic hydroxyl groups excluding tert-OH is 1. The van der Waals surface area contributed by atoms with Crippen LogP contribution >= 0.6 is 43.1 Å². The molecule has 0 bridgehead atoms. The summed E-state index contributed by atoms with van der Waals surface area (Å²) >= 11 is 20.5. The number of piperidine rings is 1. The van der Waals surface area contributed by atoms with Gasteiger partial charge < -0.3 is 14.7 Å². The van der Waals surface area contributed by atoms with E-state index in [0.29, 0.717) is 5.92 Å². The average Bonchev–Trinajstić information content (AvgIpc) is 2.83. The molecule has 1 N–H and O–H groups in total. The van der Waals surface area contributed by atoms with Crippen molar-refractivity contribution in [3.63, 3.8) is 0 Å². The van der Waals surface area contributed by atoms with E-state index in [1.54, 1.807) is 14.0 Å². The fraction of sp³-hybridized carbons (Fsp3) is 0.391. The van der Waals surface area contributed by atoms with Gasteiger partial charge in [-0.1, -0.05) is 82.1 Å². The molecule has 0 saturated carbocycles. The fourth-order valence-corrected chi connectivity index (χ4v) is 46.1. The van der Waals surface area contributed by atoms with Crippen LogP contribution in [0.4, 0.5) is 0 Å². The van der Waals surface area contributed by atoms with Gasteiger partial charge in [-0.25, -0.2) is 0 Å². The van der Waals surface area contributed by atoms with E-state index in [4.69, 9.17) is 45.7 Å². The van der Waals surface area contributed by atoms with Crippen LogP contribution in [0.15, 0.2) is 48.5 Å². The smallest absolute Gasteiger partial charge is 0.219 e. The van der Waals surface area contributed by atoms with Crippen LogP contribution in [0.1, 0.15) is 32.3 Å². The van der Waals surface area contributed by atoms with E-state index >= 15 is 0 Å². The van der Waals surface area contributed by atoms with E-state index in [2.05, 4.69) is 12.1 Å². The molecule has 2 aromatic carbocycles. The van der Waals surface area contributed by atoms with Gasteiger partial charge in [-0.3, -0.25) is 4.79 Å². The number of hydrogen-bond acceptors (Lipinski definition) is 8. The molecule has 2 aromatic rings. The lowest BCUT2D eigenvalue weighted by Crippen LogP contribution is -2.38. The number of likely N-dealkylation sites (tertiary alicyclic amines) is 1. The summed E-state index contributed by atoms with van der Waals surface area (Å²) in [5, 5.41) is 11.5. The maximum atomic E-state index is 11.0. The van der Waals surface area contributed by atoms with Gasteiger partial charge in [0.2, 0.25) is 5.91 Å². The van der Waals surface area contributed by atoms with Crippen molar-refractivity contribution < 1.29 is 14.6 Å². The number of hydrogen-bond donors (Lipinski definition) is 1. The zero-order valence-corrected chi connectivity index (χ0v) is 25.2. The van der Waals surface area contributed by atoms with Gasteiger partial charge in [-0.05, 0) is 60.4 Å². The van der Waals surface area contributed by atoms with Gasteiger partial charge in [0.05, 0.1) is 22.6 Å². The Hall–Kier alpha value is -0.240. The first-order valence-corrected chi connectivity index (χ1v) is 20.9. The van der Waals surface area contributed by atoms with Crippen LogP contribution in [0, 0.1) is 5.92 Å². The van der Waals surface area contributed by atoms with E-state index in [1.807, 2.05) is 70.2 Å². The Bertz CT molecular complexity index is 1010. The predicted octanol–water partition coefficient (Wildman–Crippen LogP) is 5.87. The first kappa shape index (κ1) is 28.3. The van der Waals surface area contributed by atoms with Crippen LogP contribution in [0.2, 0.25) is 0 Å². The number of methoxy groups -OCH3 is 1. The number of rotatable bonds is 5. The molecule has 2 aliphatic heterocycles. The molecular formula is C23H29NO3P2S5. The molecule has 0 aliphatic carbocycles. The molecule has 2 aliphatic rings. The number of nitrogens with zero attached hydrogens (tertiary/aromatic N) is 1. The van der Waals surface area contributed by atoms with Crippen LogP contribution in [-0.2, 0) is 35.0 Å². The van der Waals surface area contributed by atoms with Crippen molar-refractivity contribution in [1.29, 1.82) is 0 Å². The van der Waals surface area contributed by atoms with E-state index in [9.17, 15) is 4.79 Å². The number of ether oxygens (including phenoxy) is 1. The third-order valence-electron chi connectivity index (χ3n) is 5.77. The van der Waals surface area contributed by atoms with Crippen LogP contribution in [-0.4, -0.2) is 41.0 Å². The Morgan fingerprint density at radius 3 is 1.85 bits per heavy atom. The van der Waals surface area contributed by atoms with Gasteiger partial charge in [0.15, 0.2) is 0 Å². The van der Waals surface area contributed by atoms with E-state index in [1.165, 1.54) is 10.6 Å². The Kier molecular flexibility index (Phi) is 10.3. The topological polar surface area (TPSA) is 49.8 Å². The van der Waals surface area contributed by atoms with Gasteiger partial charge in [0, 0.05) is 30.6 Å². The number of amides is 1. The summed E-state index contributed by atoms with van der Waals surface area (Å²) in [6.45, 7) is 5.46. The molecule has 0 aromatic heterocycles. The maximum Gasteiger partial charge on any atom is 0.219 e. The molecule has 2 saturated heterocycles. The van der Waals surface area contributed by atoms with Crippen molar-refractivity contribution in [2.24, 2.45) is 5.92 Å². The molecule has 0 spiro atoms. The van der Waals surface area contributed by atoms with Crippen molar-refractivity contribution in [3.05, 3.63) is 54.1 Å². The molecular weight excluding hydrogens is 561 g/mol. The first-order valence-electron chi connectivity index (χ1n) is 10.8. The monoisotopic (exact) mass is 589 g/mol. The highest BCUT2D eigenvalue weighted by molar-refractivity contribution is 9.48. The third-order valence-corrected chi connectivity index (χ3v) is 37.3. The minimum Gasteiger partial charge on any atom is -0.497 e. The third kappa shape index (κ3) is 6.95. The molecule has 4 rings (SSSR count). The lowest BCUT2D eigenvalue weighted by molar-refractivity contribution is -0.129. The summed E-state index contributed by atoms with van der Waals surface area (Å²) in [5.41, 5.74) is 0.912. The Morgan fingerprint density at radius 2 is 1.47 bits per heavy atom. The normalized spacial score (nSPS) is 24.4. The highest BCUT2D eigenvalue weighted by atomic mass is 33.7. The van der Waals surface area contributed by atoms with Gasteiger partial charge in [-0.2, -0.15) is 0 Å². The predicted molar refractivity (Wildman–Crippen MR) is 162 cm³/mol. The van der Waals surface area contributed by atoms with Crippen molar-refractivity contribution in [1.82, 2.24) is 4.90 Å². The van der Waals surface area contributed by atoms with Gasteiger partial charge in [-0.15, -0.1) is 0 Å². The molecule has 1 amide bonds. The van der Waals surface area contributed by atoms with Crippen molar-refractivity contribution >= 4 is 88.1 Å². The number of thiocarbonyl (C=S) groups is 1. The highest BCUT2D eigenvalue weighted by Gasteiger charge is 2.45. The SMILES string of the molecule is CC(=O)N1CCC(C(C)=S)CC1.COc1ccc(P2(=S)SP(=S)(c3ccc(CO)cc3)S2)cc1. The minimum atomic E-state index is -1.68. The number of benzene rings is 2. The zero-order chi connectivity index (χ0) is 24.9. The molecule has 34 heavy (non-hydrogen) atoms. The molecule has 0 radical (unpaired) electrons. The van der Waals surface area contributed by atoms with E-state index < -0.39 is 8.88 Å². The second kappa shape index (κ2) is 12.3. The van der Waals surface area contributed by atoms with E-state index in [0.717, 1.165) is 42.1 Å². The number of aliphatic hydroxyl groups is 1. The van der Waals surface area contributed by atoms with Crippen LogP contribution in [0.5, 0.6) is 5.75 Å². The summed E-state index contributed by atoms with van der Waals surface area (Å²) < 4.78 is 1.84. The quantitative estimate of drug-likeness (QED) is 0.343. The summed E-state index contributed by atoms with van der Waals surface area (Å²) in [4.78, 5) is 14.0. The zero-order valence-electron chi connectivity index (χ0n) is 19.4. The molecule has 11 heteroatoms. The van der Waals surface area contributed by atoms with Crippen molar-refractivity contribution in [3.8, 4) is 5.75 Å². The lowest BCUT2D eigenvalue weighted by atomic mass is 9.94. The fourth-order valence-electron chi connectivity index (χ4n) is 3.63. The molecule has 0 atom stereocenters. The number of carbonyl (C=O) groups excluding carboxylic acids is 1. The second-order valence-corrected chi connectivity index (χ2v) is 30.0. The van der Waals surface area contributed by atoms with Crippen LogP contribution in [0.3, 0.4) is 0 Å².